The van der Waals surface area contributed by atoms with Crippen molar-refractivity contribution in [3.05, 3.63) is 11.8 Å². The second kappa shape index (κ2) is 7.71. The van der Waals surface area contributed by atoms with E-state index in [2.05, 4.69) is 5.32 Å². The van der Waals surface area contributed by atoms with Crippen molar-refractivity contribution in [3.63, 3.8) is 0 Å². The van der Waals surface area contributed by atoms with Gasteiger partial charge in [0.25, 0.3) is 0 Å². The van der Waals surface area contributed by atoms with Gasteiger partial charge in [-0.15, -0.1) is 0 Å². The molecule has 6 nitrogen and oxygen atoms in total. The Labute approximate surface area is 107 Å². The number of esters is 1. The summed E-state index contributed by atoms with van der Waals surface area (Å²) in [7, 11) is 0. The van der Waals surface area contributed by atoms with E-state index < -0.39 is 5.97 Å². The molecule has 0 aliphatic carbocycles. The van der Waals surface area contributed by atoms with Crippen LogP contribution in [-0.4, -0.2) is 56.2 Å². The second-order valence-electron chi connectivity index (χ2n) is 3.78. The van der Waals surface area contributed by atoms with Crippen LogP contribution < -0.4 is 5.32 Å². The molecule has 0 bridgehead atoms. The van der Waals surface area contributed by atoms with Crippen molar-refractivity contribution >= 4 is 11.8 Å². The summed E-state index contributed by atoms with van der Waals surface area (Å²) in [5.41, 5.74) is 0.264. The summed E-state index contributed by atoms with van der Waals surface area (Å²) >= 11 is 0. The van der Waals surface area contributed by atoms with Crippen LogP contribution in [0.25, 0.3) is 0 Å². The zero-order valence-electron chi connectivity index (χ0n) is 11.0. The van der Waals surface area contributed by atoms with Crippen LogP contribution >= 0.6 is 0 Å². The molecule has 0 aromatic rings. The van der Waals surface area contributed by atoms with Crippen LogP contribution in [0, 0.1) is 5.41 Å². The molecule has 0 amide bonds. The van der Waals surface area contributed by atoms with Gasteiger partial charge in [0.15, 0.2) is 0 Å². The van der Waals surface area contributed by atoms with E-state index >= 15 is 0 Å². The van der Waals surface area contributed by atoms with Gasteiger partial charge >= 0.3 is 5.97 Å². The van der Waals surface area contributed by atoms with E-state index in [1.807, 2.05) is 11.8 Å². The molecular weight excluding hydrogens is 234 g/mol. The third-order valence-corrected chi connectivity index (χ3v) is 2.53. The number of hydrogen-bond acceptors (Lipinski definition) is 5. The van der Waals surface area contributed by atoms with Gasteiger partial charge in [0.2, 0.25) is 0 Å². The van der Waals surface area contributed by atoms with Crippen LogP contribution in [0.15, 0.2) is 11.8 Å². The van der Waals surface area contributed by atoms with Gasteiger partial charge < -0.3 is 19.7 Å². The highest BCUT2D eigenvalue weighted by molar-refractivity contribution is 6.17. The number of carbonyl (C=O) groups excluding carboxylic acids is 1. The Kier molecular flexibility index (Phi) is 6.21. The lowest BCUT2D eigenvalue weighted by molar-refractivity contribution is -0.138. The number of amidine groups is 1. The minimum absolute atomic E-state index is 0.192. The Morgan fingerprint density at radius 3 is 2.67 bits per heavy atom. The van der Waals surface area contributed by atoms with Gasteiger partial charge in [-0.25, -0.2) is 4.79 Å². The monoisotopic (exact) mass is 255 g/mol. The lowest BCUT2D eigenvalue weighted by atomic mass is 10.2. The van der Waals surface area contributed by atoms with Crippen molar-refractivity contribution in [2.24, 2.45) is 0 Å². The first-order valence-electron chi connectivity index (χ1n) is 6.23. The van der Waals surface area contributed by atoms with Crippen molar-refractivity contribution in [1.82, 2.24) is 10.2 Å². The largest absolute Gasteiger partial charge is 0.462 e. The lowest BCUT2D eigenvalue weighted by Gasteiger charge is -2.29. The van der Waals surface area contributed by atoms with Gasteiger partial charge in [-0.2, -0.15) is 0 Å². The fourth-order valence-electron chi connectivity index (χ4n) is 1.59. The number of ether oxygens (including phenoxy) is 2. The Balaban J connectivity index is 2.74. The highest BCUT2D eigenvalue weighted by atomic mass is 16.5. The zero-order valence-corrected chi connectivity index (χ0v) is 11.0. The molecule has 1 aliphatic rings. The molecule has 18 heavy (non-hydrogen) atoms. The van der Waals surface area contributed by atoms with E-state index in [0.717, 1.165) is 0 Å². The molecule has 1 fully saturated rings. The number of rotatable bonds is 5. The maximum atomic E-state index is 11.8. The minimum atomic E-state index is -0.463. The molecular formula is C12H21N3O3. The first-order chi connectivity index (χ1) is 8.70. The summed E-state index contributed by atoms with van der Waals surface area (Å²) in [6, 6.07) is 0. The van der Waals surface area contributed by atoms with Gasteiger partial charge in [0.1, 0.15) is 11.4 Å². The molecule has 0 radical (unpaired) electrons. The molecule has 0 aromatic carbocycles. The smallest absolute Gasteiger partial charge is 0.343 e. The molecule has 1 saturated heterocycles. The standard InChI is InChI=1S/C12H21N3O3/c1-3-14-9-10(12(16)18-4-2)11(13)15-5-7-17-8-6-15/h9,13-14H,3-8H2,1-2H3/b10-9+,13-11?. The van der Waals surface area contributed by atoms with Crippen LogP contribution in [0.3, 0.4) is 0 Å². The Morgan fingerprint density at radius 2 is 2.11 bits per heavy atom. The maximum absolute atomic E-state index is 11.8. The third-order valence-electron chi connectivity index (χ3n) is 2.53. The van der Waals surface area contributed by atoms with Crippen LogP contribution in [0.4, 0.5) is 0 Å². The van der Waals surface area contributed by atoms with Gasteiger partial charge in [-0.05, 0) is 13.8 Å². The number of morpholine rings is 1. The SMILES string of the molecule is CCN/C=C(\C(=N)N1CCOCC1)C(=O)OCC. The number of hydrogen-bond donors (Lipinski definition) is 2. The van der Waals surface area contributed by atoms with Crippen molar-refractivity contribution in [2.45, 2.75) is 13.8 Å². The molecule has 102 valence electrons. The Hall–Kier alpha value is -1.56. The first kappa shape index (κ1) is 14.5. The first-order valence-corrected chi connectivity index (χ1v) is 6.23. The molecule has 1 heterocycles. The summed E-state index contributed by atoms with van der Waals surface area (Å²) in [4.78, 5) is 13.6. The second-order valence-corrected chi connectivity index (χ2v) is 3.78. The van der Waals surface area contributed by atoms with Gasteiger partial charge in [-0.1, -0.05) is 0 Å². The Bertz CT molecular complexity index is 323. The van der Waals surface area contributed by atoms with Crippen LogP contribution in [0.5, 0.6) is 0 Å². The lowest BCUT2D eigenvalue weighted by Crippen LogP contribution is -2.42. The predicted molar refractivity (Wildman–Crippen MR) is 68.5 cm³/mol. The topological polar surface area (TPSA) is 74.7 Å². The fourth-order valence-corrected chi connectivity index (χ4v) is 1.59. The fraction of sp³-hybridized carbons (Fsp3) is 0.667. The maximum Gasteiger partial charge on any atom is 0.343 e. The molecule has 1 aliphatic heterocycles. The summed E-state index contributed by atoms with van der Waals surface area (Å²) in [5, 5.41) is 11.0. The third kappa shape index (κ3) is 4.03. The van der Waals surface area contributed by atoms with Crippen LogP contribution in [0.2, 0.25) is 0 Å². The summed E-state index contributed by atoms with van der Waals surface area (Å²) in [5.74, 6) is -0.271. The summed E-state index contributed by atoms with van der Waals surface area (Å²) < 4.78 is 10.2. The van der Waals surface area contributed by atoms with E-state index in [-0.39, 0.29) is 11.4 Å². The van der Waals surface area contributed by atoms with E-state index in [1.165, 1.54) is 0 Å². The van der Waals surface area contributed by atoms with Crippen molar-refractivity contribution < 1.29 is 14.3 Å². The molecule has 6 heteroatoms. The minimum Gasteiger partial charge on any atom is -0.462 e. The average molecular weight is 255 g/mol. The molecule has 0 spiro atoms. The Morgan fingerprint density at radius 1 is 1.44 bits per heavy atom. The molecule has 0 atom stereocenters. The average Bonchev–Trinajstić information content (AvgIpc) is 2.40. The van der Waals surface area contributed by atoms with Crippen LogP contribution in [0.1, 0.15) is 13.8 Å². The molecule has 2 N–H and O–H groups in total. The van der Waals surface area contributed by atoms with Crippen molar-refractivity contribution in [1.29, 1.82) is 5.41 Å². The van der Waals surface area contributed by atoms with Gasteiger partial charge in [0, 0.05) is 25.8 Å². The summed E-state index contributed by atoms with van der Waals surface area (Å²) in [6.45, 7) is 7.10. The summed E-state index contributed by atoms with van der Waals surface area (Å²) in [6.07, 6.45) is 1.55. The van der Waals surface area contributed by atoms with E-state index in [9.17, 15) is 4.79 Å². The molecule has 0 aromatic heterocycles. The normalized spacial score (nSPS) is 16.3. The van der Waals surface area contributed by atoms with Gasteiger partial charge in [0.05, 0.1) is 19.8 Å². The highest BCUT2D eigenvalue weighted by Gasteiger charge is 2.22. The van der Waals surface area contributed by atoms with E-state index in [4.69, 9.17) is 14.9 Å². The number of nitrogens with zero attached hydrogens (tertiary/aromatic N) is 1. The number of nitrogens with one attached hydrogen (secondary N) is 2. The number of carbonyl (C=O) groups is 1. The van der Waals surface area contributed by atoms with Crippen molar-refractivity contribution in [2.75, 3.05) is 39.5 Å². The molecule has 0 unspecified atom stereocenters. The highest BCUT2D eigenvalue weighted by Crippen LogP contribution is 2.07. The molecule has 0 saturated carbocycles. The van der Waals surface area contributed by atoms with Crippen molar-refractivity contribution in [3.8, 4) is 0 Å². The van der Waals surface area contributed by atoms with E-state index in [1.54, 1.807) is 13.1 Å². The molecule has 1 rings (SSSR count). The van der Waals surface area contributed by atoms with Gasteiger partial charge in [-0.3, -0.25) is 5.41 Å². The quantitative estimate of drug-likeness (QED) is 0.321. The van der Waals surface area contributed by atoms with Crippen LogP contribution in [-0.2, 0) is 14.3 Å². The zero-order chi connectivity index (χ0) is 13.4. The predicted octanol–water partition coefficient (Wildman–Crippen LogP) is 0.352. The van der Waals surface area contributed by atoms with E-state index in [0.29, 0.717) is 39.5 Å².